The van der Waals surface area contributed by atoms with Crippen LogP contribution in [0.15, 0.2) is 24.3 Å². The fraction of sp³-hybridized carbons (Fsp3) is 0.588. The Morgan fingerprint density at radius 1 is 1.19 bits per heavy atom. The topological polar surface area (TPSA) is 46.3 Å². The summed E-state index contributed by atoms with van der Waals surface area (Å²) in [6.45, 7) is 0.652. The van der Waals surface area contributed by atoms with Gasteiger partial charge < -0.3 is 10.6 Å². The highest BCUT2D eigenvalue weighted by atomic mass is 35.5. The molecule has 0 aromatic heterocycles. The van der Waals surface area contributed by atoms with Crippen LogP contribution in [0, 0.1) is 0 Å². The van der Waals surface area contributed by atoms with E-state index in [0.29, 0.717) is 12.6 Å². The van der Waals surface area contributed by atoms with Crippen LogP contribution in [0.5, 0.6) is 0 Å². The number of amides is 1. The molecule has 3 rings (SSSR count). The Hall–Kier alpha value is -1.06. The van der Waals surface area contributed by atoms with E-state index < -0.39 is 5.54 Å². The molecule has 1 aromatic carbocycles. The van der Waals surface area contributed by atoms with E-state index in [1.54, 1.807) is 0 Å². The fourth-order valence-electron chi connectivity index (χ4n) is 3.22. The average Bonchev–Trinajstić information content (AvgIpc) is 3.31. The lowest BCUT2D eigenvalue weighted by molar-refractivity contribution is -0.139. The van der Waals surface area contributed by atoms with Crippen LogP contribution in [0.25, 0.3) is 0 Å². The Balaban J connectivity index is 1.74. The number of nitrogens with two attached hydrogens (primary N) is 1. The van der Waals surface area contributed by atoms with Crippen molar-refractivity contribution in [3.63, 3.8) is 0 Å². The van der Waals surface area contributed by atoms with Gasteiger partial charge in [0.15, 0.2) is 0 Å². The number of halogens is 1. The third-order valence-electron chi connectivity index (χ3n) is 4.69. The maximum atomic E-state index is 12.9. The molecule has 114 valence electrons. The lowest BCUT2D eigenvalue weighted by Crippen LogP contribution is -2.56. The number of nitrogens with zero attached hydrogens (tertiary/aromatic N) is 1. The molecule has 2 saturated carbocycles. The first-order chi connectivity index (χ1) is 10.1. The van der Waals surface area contributed by atoms with Crippen LogP contribution in [-0.2, 0) is 11.3 Å². The Bertz CT molecular complexity index is 504. The van der Waals surface area contributed by atoms with Gasteiger partial charge in [0.25, 0.3) is 0 Å². The van der Waals surface area contributed by atoms with Crippen molar-refractivity contribution in [3.05, 3.63) is 34.9 Å². The third-order valence-corrected chi connectivity index (χ3v) is 4.94. The van der Waals surface area contributed by atoms with Gasteiger partial charge in [-0.05, 0) is 43.4 Å². The van der Waals surface area contributed by atoms with E-state index in [2.05, 4.69) is 0 Å². The molecule has 2 aliphatic rings. The summed E-state index contributed by atoms with van der Waals surface area (Å²) in [4.78, 5) is 15.0. The molecular weight excluding hydrogens is 284 g/mol. The molecule has 0 unspecified atom stereocenters. The van der Waals surface area contributed by atoms with Crippen molar-refractivity contribution in [3.8, 4) is 0 Å². The summed E-state index contributed by atoms with van der Waals surface area (Å²) in [5, 5.41) is 0.727. The van der Waals surface area contributed by atoms with Crippen molar-refractivity contribution >= 4 is 17.5 Å². The van der Waals surface area contributed by atoms with E-state index in [1.165, 1.54) is 6.42 Å². The first kappa shape index (κ1) is 14.9. The number of benzene rings is 1. The van der Waals surface area contributed by atoms with Crippen molar-refractivity contribution in [2.24, 2.45) is 5.73 Å². The van der Waals surface area contributed by atoms with E-state index in [0.717, 1.165) is 49.1 Å². The number of hydrogen-bond donors (Lipinski definition) is 1. The van der Waals surface area contributed by atoms with Crippen molar-refractivity contribution in [2.75, 3.05) is 0 Å². The van der Waals surface area contributed by atoms with Crippen molar-refractivity contribution in [1.82, 2.24) is 4.90 Å². The first-order valence-electron chi connectivity index (χ1n) is 7.93. The van der Waals surface area contributed by atoms with Gasteiger partial charge in [-0.3, -0.25) is 4.79 Å². The SMILES string of the molecule is NC1(C(=O)N(Cc2ccc(Cl)cc2)C2CC2)CCCCC1. The van der Waals surface area contributed by atoms with Gasteiger partial charge in [0.2, 0.25) is 5.91 Å². The van der Waals surface area contributed by atoms with Gasteiger partial charge in [-0.25, -0.2) is 0 Å². The van der Waals surface area contributed by atoms with Crippen LogP contribution in [0.1, 0.15) is 50.5 Å². The molecular formula is C17H23ClN2O. The van der Waals surface area contributed by atoms with E-state index in [4.69, 9.17) is 17.3 Å². The predicted octanol–water partition coefficient (Wildman–Crippen LogP) is 3.49. The van der Waals surface area contributed by atoms with Crippen LogP contribution < -0.4 is 5.73 Å². The molecule has 0 radical (unpaired) electrons. The van der Waals surface area contributed by atoms with Gasteiger partial charge in [-0.2, -0.15) is 0 Å². The maximum Gasteiger partial charge on any atom is 0.243 e. The third kappa shape index (κ3) is 3.41. The number of carbonyl (C=O) groups excluding carboxylic acids is 1. The summed E-state index contributed by atoms with van der Waals surface area (Å²) in [6.07, 6.45) is 7.21. The Morgan fingerprint density at radius 3 is 2.38 bits per heavy atom. The quantitative estimate of drug-likeness (QED) is 0.925. The summed E-state index contributed by atoms with van der Waals surface area (Å²) in [5.41, 5.74) is 6.93. The van der Waals surface area contributed by atoms with Crippen LogP contribution in [0.2, 0.25) is 5.02 Å². The second-order valence-corrected chi connectivity index (χ2v) is 6.94. The van der Waals surface area contributed by atoms with E-state index >= 15 is 0 Å². The zero-order valence-electron chi connectivity index (χ0n) is 12.4. The van der Waals surface area contributed by atoms with Crippen LogP contribution in [0.4, 0.5) is 0 Å². The standard InChI is InChI=1S/C17H23ClN2O/c18-14-6-4-13(5-7-14)12-20(15-8-9-15)16(21)17(19)10-2-1-3-11-17/h4-7,15H,1-3,8-12,19H2. The van der Waals surface area contributed by atoms with Gasteiger partial charge >= 0.3 is 0 Å². The van der Waals surface area contributed by atoms with E-state index in [9.17, 15) is 4.79 Å². The second-order valence-electron chi connectivity index (χ2n) is 6.51. The molecule has 2 aliphatic carbocycles. The molecule has 0 bridgehead atoms. The smallest absolute Gasteiger partial charge is 0.243 e. The van der Waals surface area contributed by atoms with Crippen LogP contribution >= 0.6 is 11.6 Å². The first-order valence-corrected chi connectivity index (χ1v) is 8.31. The monoisotopic (exact) mass is 306 g/mol. The minimum atomic E-state index is -0.632. The zero-order chi connectivity index (χ0) is 14.9. The Labute approximate surface area is 131 Å². The molecule has 0 atom stereocenters. The maximum absolute atomic E-state index is 12.9. The highest BCUT2D eigenvalue weighted by Gasteiger charge is 2.43. The minimum absolute atomic E-state index is 0.152. The zero-order valence-corrected chi connectivity index (χ0v) is 13.1. The molecule has 3 nitrogen and oxygen atoms in total. The minimum Gasteiger partial charge on any atom is -0.334 e. The summed E-state index contributed by atoms with van der Waals surface area (Å²) in [7, 11) is 0. The molecule has 21 heavy (non-hydrogen) atoms. The molecule has 1 aromatic rings. The normalized spacial score (nSPS) is 21.0. The van der Waals surface area contributed by atoms with Gasteiger partial charge in [0.1, 0.15) is 0 Å². The van der Waals surface area contributed by atoms with Gasteiger partial charge in [-0.15, -0.1) is 0 Å². The highest BCUT2D eigenvalue weighted by molar-refractivity contribution is 6.30. The summed E-state index contributed by atoms with van der Waals surface area (Å²) in [6, 6.07) is 8.14. The van der Waals surface area contributed by atoms with Gasteiger partial charge in [0, 0.05) is 17.6 Å². The molecule has 2 N–H and O–H groups in total. The van der Waals surface area contributed by atoms with E-state index in [-0.39, 0.29) is 5.91 Å². The highest BCUT2D eigenvalue weighted by Crippen LogP contribution is 2.34. The fourth-order valence-corrected chi connectivity index (χ4v) is 3.35. The molecule has 4 heteroatoms. The molecule has 0 aliphatic heterocycles. The van der Waals surface area contributed by atoms with Crippen molar-refractivity contribution in [2.45, 2.75) is 63.1 Å². The second kappa shape index (κ2) is 5.98. The van der Waals surface area contributed by atoms with Gasteiger partial charge in [-0.1, -0.05) is 43.0 Å². The number of hydrogen-bond acceptors (Lipinski definition) is 2. The van der Waals surface area contributed by atoms with Crippen LogP contribution in [-0.4, -0.2) is 22.4 Å². The lowest BCUT2D eigenvalue weighted by atomic mass is 9.81. The van der Waals surface area contributed by atoms with Crippen molar-refractivity contribution in [1.29, 1.82) is 0 Å². The molecule has 1 amide bonds. The lowest BCUT2D eigenvalue weighted by Gasteiger charge is -2.37. The van der Waals surface area contributed by atoms with Crippen molar-refractivity contribution < 1.29 is 4.79 Å². The van der Waals surface area contributed by atoms with E-state index in [1.807, 2.05) is 29.2 Å². The number of carbonyl (C=O) groups is 1. The molecule has 0 spiro atoms. The largest absolute Gasteiger partial charge is 0.334 e. The molecule has 2 fully saturated rings. The van der Waals surface area contributed by atoms with Gasteiger partial charge in [0.05, 0.1) is 5.54 Å². The molecule has 0 saturated heterocycles. The summed E-state index contributed by atoms with van der Waals surface area (Å²) >= 11 is 5.93. The summed E-state index contributed by atoms with van der Waals surface area (Å²) in [5.74, 6) is 0.152. The van der Waals surface area contributed by atoms with Crippen LogP contribution in [0.3, 0.4) is 0 Å². The Morgan fingerprint density at radius 2 is 1.81 bits per heavy atom. The predicted molar refractivity (Wildman–Crippen MR) is 85.0 cm³/mol. The number of rotatable bonds is 4. The Kier molecular flexibility index (Phi) is 4.23. The average molecular weight is 307 g/mol. The summed E-state index contributed by atoms with van der Waals surface area (Å²) < 4.78 is 0. The molecule has 0 heterocycles.